The van der Waals surface area contributed by atoms with E-state index in [1.807, 2.05) is 0 Å². The second-order valence-corrected chi connectivity index (χ2v) is 7.35. The van der Waals surface area contributed by atoms with Gasteiger partial charge in [-0.15, -0.1) is 4.52 Å². The summed E-state index contributed by atoms with van der Waals surface area (Å²) in [5.74, 6) is 0.171. The Morgan fingerprint density at radius 1 is 1.50 bits per heavy atom. The van der Waals surface area contributed by atoms with Gasteiger partial charge in [0.2, 0.25) is 0 Å². The van der Waals surface area contributed by atoms with E-state index in [1.54, 1.807) is 6.92 Å². The van der Waals surface area contributed by atoms with Gasteiger partial charge in [0.15, 0.2) is 17.6 Å². The molecule has 1 saturated heterocycles. The summed E-state index contributed by atoms with van der Waals surface area (Å²) in [6.07, 6.45) is 0.0453. The molecule has 9 nitrogen and oxygen atoms in total. The average Bonchev–Trinajstić information content (AvgIpc) is 3.07. The SMILES string of the molecule is CC[P+](=O)OCC1OC(c2coc3c(N)ncnc23)C(C)(O)C1O. The minimum absolute atomic E-state index is 0.0935. The summed E-state index contributed by atoms with van der Waals surface area (Å²) in [7, 11) is -1.81. The van der Waals surface area contributed by atoms with Crippen LogP contribution in [-0.4, -0.2) is 50.8 Å². The van der Waals surface area contributed by atoms with Gasteiger partial charge in [0.25, 0.3) is 0 Å². The summed E-state index contributed by atoms with van der Waals surface area (Å²) in [6, 6.07) is 0. The zero-order valence-electron chi connectivity index (χ0n) is 13.2. The number of aromatic nitrogens is 2. The Balaban J connectivity index is 1.89. The molecule has 0 radical (unpaired) electrons. The monoisotopic (exact) mass is 356 g/mol. The molecule has 0 amide bonds. The third kappa shape index (κ3) is 2.78. The predicted octanol–water partition coefficient (Wildman–Crippen LogP) is 1.14. The molecule has 0 aromatic carbocycles. The van der Waals surface area contributed by atoms with Crippen molar-refractivity contribution in [2.45, 2.75) is 37.8 Å². The predicted molar refractivity (Wildman–Crippen MR) is 84.6 cm³/mol. The first kappa shape index (κ1) is 17.2. The second kappa shape index (κ2) is 6.34. The second-order valence-electron chi connectivity index (χ2n) is 5.80. The van der Waals surface area contributed by atoms with Crippen molar-refractivity contribution >= 4 is 24.9 Å². The van der Waals surface area contributed by atoms with Gasteiger partial charge in [0.1, 0.15) is 42.4 Å². The lowest BCUT2D eigenvalue weighted by atomic mass is 9.89. The summed E-state index contributed by atoms with van der Waals surface area (Å²) in [5.41, 5.74) is 5.27. The van der Waals surface area contributed by atoms with Crippen LogP contribution in [0.5, 0.6) is 0 Å². The minimum Gasteiger partial charge on any atom is -0.458 e. The number of hydrogen-bond acceptors (Lipinski definition) is 9. The van der Waals surface area contributed by atoms with E-state index in [-0.39, 0.29) is 18.0 Å². The largest absolute Gasteiger partial charge is 0.507 e. The normalized spacial score (nSPS) is 30.8. The number of aliphatic hydroxyl groups is 2. The van der Waals surface area contributed by atoms with Crippen molar-refractivity contribution < 1.29 is 28.5 Å². The summed E-state index contributed by atoms with van der Waals surface area (Å²) in [4.78, 5) is 7.95. The van der Waals surface area contributed by atoms with Crippen LogP contribution in [0.2, 0.25) is 0 Å². The lowest BCUT2D eigenvalue weighted by molar-refractivity contribution is -0.0643. The number of anilines is 1. The summed E-state index contributed by atoms with van der Waals surface area (Å²) in [5, 5.41) is 21.1. The Kier molecular flexibility index (Phi) is 4.54. The van der Waals surface area contributed by atoms with Gasteiger partial charge in [0.05, 0.1) is 6.26 Å². The fraction of sp³-hybridized carbons (Fsp3) is 0.571. The highest BCUT2D eigenvalue weighted by Crippen LogP contribution is 2.44. The number of nitrogens with zero attached hydrogens (tertiary/aromatic N) is 2. The highest BCUT2D eigenvalue weighted by Gasteiger charge is 2.54. The molecular weight excluding hydrogens is 337 g/mol. The van der Waals surface area contributed by atoms with E-state index >= 15 is 0 Å². The van der Waals surface area contributed by atoms with Crippen LogP contribution in [-0.2, 0) is 13.8 Å². The molecule has 1 aliphatic heterocycles. The average molecular weight is 356 g/mol. The standard InChI is InChI=1S/C14H19N3O6P/c1-3-24(20)22-5-8-11(18)14(2,19)12(23-8)7-4-21-10-9(7)16-6-17-13(10)15/h4,6,8,11-12,18-19H,3,5H2,1-2H3,(H2,15,16,17)/q+1. The van der Waals surface area contributed by atoms with Crippen LogP contribution >= 0.6 is 8.03 Å². The van der Waals surface area contributed by atoms with Gasteiger partial charge in [-0.25, -0.2) is 9.97 Å². The van der Waals surface area contributed by atoms with E-state index < -0.39 is 31.9 Å². The molecule has 3 heterocycles. The van der Waals surface area contributed by atoms with E-state index in [0.29, 0.717) is 17.2 Å². The van der Waals surface area contributed by atoms with Crippen molar-refractivity contribution in [3.8, 4) is 0 Å². The van der Waals surface area contributed by atoms with Crippen molar-refractivity contribution in [1.29, 1.82) is 0 Å². The van der Waals surface area contributed by atoms with Crippen LogP contribution in [0.25, 0.3) is 11.1 Å². The topological polar surface area (TPSA) is 141 Å². The van der Waals surface area contributed by atoms with Gasteiger partial charge in [-0.1, -0.05) is 0 Å². The lowest BCUT2D eigenvalue weighted by Crippen LogP contribution is -2.43. The number of aliphatic hydroxyl groups excluding tert-OH is 1. The zero-order chi connectivity index (χ0) is 17.5. The summed E-state index contributed by atoms with van der Waals surface area (Å²) < 4.78 is 27.7. The van der Waals surface area contributed by atoms with Crippen molar-refractivity contribution in [2.24, 2.45) is 0 Å². The molecule has 130 valence electrons. The van der Waals surface area contributed by atoms with Crippen LogP contribution in [0, 0.1) is 0 Å². The number of hydrogen-bond donors (Lipinski definition) is 3. The molecule has 3 rings (SSSR count). The Morgan fingerprint density at radius 2 is 2.25 bits per heavy atom. The Labute approximate surface area is 138 Å². The van der Waals surface area contributed by atoms with Gasteiger partial charge in [-0.3, -0.25) is 0 Å². The van der Waals surface area contributed by atoms with E-state index in [9.17, 15) is 14.8 Å². The minimum atomic E-state index is -1.81. The molecule has 5 unspecified atom stereocenters. The van der Waals surface area contributed by atoms with Crippen LogP contribution in [0.3, 0.4) is 0 Å². The zero-order valence-corrected chi connectivity index (χ0v) is 14.1. The molecular formula is C14H19N3O6P+. The van der Waals surface area contributed by atoms with Gasteiger partial charge < -0.3 is 25.1 Å². The van der Waals surface area contributed by atoms with E-state index in [1.165, 1.54) is 19.5 Å². The van der Waals surface area contributed by atoms with Gasteiger partial charge >= 0.3 is 8.03 Å². The molecule has 0 aliphatic carbocycles. The van der Waals surface area contributed by atoms with Crippen molar-refractivity contribution in [1.82, 2.24) is 9.97 Å². The van der Waals surface area contributed by atoms with E-state index in [0.717, 1.165) is 0 Å². The maximum Gasteiger partial charge on any atom is 0.507 e. The van der Waals surface area contributed by atoms with Crippen LogP contribution in [0.1, 0.15) is 25.5 Å². The Morgan fingerprint density at radius 3 is 2.96 bits per heavy atom. The Hall–Kier alpha value is -1.64. The molecule has 2 aromatic rings. The first-order valence-corrected chi connectivity index (χ1v) is 8.83. The highest BCUT2D eigenvalue weighted by atomic mass is 31.1. The first-order chi connectivity index (χ1) is 11.4. The van der Waals surface area contributed by atoms with Gasteiger partial charge in [-0.05, 0) is 18.4 Å². The van der Waals surface area contributed by atoms with E-state index in [4.69, 9.17) is 19.4 Å². The van der Waals surface area contributed by atoms with Crippen LogP contribution in [0.15, 0.2) is 17.0 Å². The number of fused-ring (bicyclic) bond motifs is 1. The maximum absolute atomic E-state index is 11.4. The summed E-state index contributed by atoms with van der Waals surface area (Å²) >= 11 is 0. The molecule has 1 aliphatic rings. The van der Waals surface area contributed by atoms with Crippen molar-refractivity contribution in [3.63, 3.8) is 0 Å². The number of nitrogen functional groups attached to an aromatic ring is 1. The third-order valence-electron chi connectivity index (χ3n) is 4.12. The van der Waals surface area contributed by atoms with Crippen LogP contribution < -0.4 is 5.73 Å². The molecule has 0 spiro atoms. The molecule has 0 bridgehead atoms. The molecule has 5 atom stereocenters. The summed E-state index contributed by atoms with van der Waals surface area (Å²) in [6.45, 7) is 3.08. The molecule has 1 fully saturated rings. The highest BCUT2D eigenvalue weighted by molar-refractivity contribution is 7.39. The van der Waals surface area contributed by atoms with E-state index in [2.05, 4.69) is 9.97 Å². The van der Waals surface area contributed by atoms with Crippen LogP contribution in [0.4, 0.5) is 5.82 Å². The molecule has 4 N–H and O–H groups in total. The molecule has 2 aromatic heterocycles. The number of ether oxygens (including phenoxy) is 1. The number of nitrogens with two attached hydrogens (primary N) is 1. The Bertz CT molecular complexity index is 764. The maximum atomic E-state index is 11.4. The fourth-order valence-electron chi connectivity index (χ4n) is 2.76. The quantitative estimate of drug-likeness (QED) is 0.672. The van der Waals surface area contributed by atoms with Gasteiger partial charge in [-0.2, -0.15) is 0 Å². The third-order valence-corrected chi connectivity index (χ3v) is 5.08. The smallest absolute Gasteiger partial charge is 0.458 e. The lowest BCUT2D eigenvalue weighted by Gasteiger charge is -2.25. The molecule has 0 saturated carbocycles. The number of rotatable bonds is 5. The van der Waals surface area contributed by atoms with Crippen molar-refractivity contribution in [3.05, 3.63) is 18.2 Å². The number of furan rings is 1. The molecule has 10 heteroatoms. The molecule has 24 heavy (non-hydrogen) atoms. The van der Waals surface area contributed by atoms with Gasteiger partial charge in [0, 0.05) is 5.56 Å². The fourth-order valence-corrected chi connectivity index (χ4v) is 3.25. The first-order valence-electron chi connectivity index (χ1n) is 7.47. The van der Waals surface area contributed by atoms with Crippen molar-refractivity contribution in [2.75, 3.05) is 18.5 Å².